The van der Waals surface area contributed by atoms with E-state index in [0.717, 1.165) is 21.7 Å². The van der Waals surface area contributed by atoms with Gasteiger partial charge in [0.1, 0.15) is 12.2 Å². The van der Waals surface area contributed by atoms with E-state index in [2.05, 4.69) is 0 Å². The first kappa shape index (κ1) is 16.1. The molecule has 4 nitrogen and oxygen atoms in total. The van der Waals surface area contributed by atoms with Crippen molar-refractivity contribution < 1.29 is 13.9 Å². The molecule has 0 saturated carbocycles. The van der Waals surface area contributed by atoms with Gasteiger partial charge in [-0.2, -0.15) is 0 Å². The first-order valence-corrected chi connectivity index (χ1v) is 8.29. The molecule has 0 atom stereocenters. The molecule has 0 unspecified atom stereocenters. The number of rotatable bonds is 3. The van der Waals surface area contributed by atoms with E-state index in [4.69, 9.17) is 9.15 Å². The van der Waals surface area contributed by atoms with E-state index in [0.29, 0.717) is 16.7 Å². The van der Waals surface area contributed by atoms with Gasteiger partial charge in [0.15, 0.2) is 0 Å². The number of hydrogen-bond donors (Lipinski definition) is 0. The van der Waals surface area contributed by atoms with Gasteiger partial charge in [0.25, 0.3) is 0 Å². The molecule has 0 aliphatic carbocycles. The predicted octanol–water partition coefficient (Wildman–Crippen LogP) is 4.61. The van der Waals surface area contributed by atoms with Crippen molar-refractivity contribution >= 4 is 27.7 Å². The SMILES string of the molecule is Cc1ccc2c(COC(=O)c3ccc4ccccc4c3)cc(=O)oc2c1. The molecule has 128 valence electrons. The number of carbonyl (C=O) groups excluding carboxylic acids is 1. The average Bonchev–Trinajstić information content (AvgIpc) is 2.65. The number of hydrogen-bond acceptors (Lipinski definition) is 4. The maximum Gasteiger partial charge on any atom is 0.338 e. The molecule has 0 amide bonds. The third-order valence-electron chi connectivity index (χ3n) is 4.33. The van der Waals surface area contributed by atoms with E-state index >= 15 is 0 Å². The molecule has 4 heteroatoms. The zero-order valence-electron chi connectivity index (χ0n) is 14.2. The number of fused-ring (bicyclic) bond motifs is 2. The molecular weight excluding hydrogens is 328 g/mol. The van der Waals surface area contributed by atoms with Crippen LogP contribution in [-0.2, 0) is 11.3 Å². The number of carbonyl (C=O) groups is 1. The van der Waals surface area contributed by atoms with Crippen LogP contribution in [-0.4, -0.2) is 5.97 Å². The largest absolute Gasteiger partial charge is 0.457 e. The summed E-state index contributed by atoms with van der Waals surface area (Å²) in [5, 5.41) is 2.80. The third-order valence-corrected chi connectivity index (χ3v) is 4.33. The number of ether oxygens (including phenoxy) is 1. The molecule has 0 bridgehead atoms. The normalized spacial score (nSPS) is 11.0. The Balaban J connectivity index is 1.61. The van der Waals surface area contributed by atoms with E-state index in [9.17, 15) is 9.59 Å². The summed E-state index contributed by atoms with van der Waals surface area (Å²) < 4.78 is 10.7. The van der Waals surface area contributed by atoms with Crippen LogP contribution in [0.2, 0.25) is 0 Å². The fourth-order valence-corrected chi connectivity index (χ4v) is 3.00. The van der Waals surface area contributed by atoms with Crippen LogP contribution in [0.25, 0.3) is 21.7 Å². The van der Waals surface area contributed by atoms with E-state index in [1.807, 2.05) is 49.4 Å². The van der Waals surface area contributed by atoms with Gasteiger partial charge in [-0.15, -0.1) is 0 Å². The van der Waals surface area contributed by atoms with E-state index in [-0.39, 0.29) is 6.61 Å². The zero-order valence-corrected chi connectivity index (χ0v) is 14.2. The smallest absolute Gasteiger partial charge is 0.338 e. The molecule has 0 radical (unpaired) electrons. The molecule has 0 aliphatic heterocycles. The predicted molar refractivity (Wildman–Crippen MR) is 100 cm³/mol. The molecule has 4 aromatic rings. The van der Waals surface area contributed by atoms with Gasteiger partial charge in [0, 0.05) is 17.0 Å². The van der Waals surface area contributed by atoms with Gasteiger partial charge in [0.2, 0.25) is 0 Å². The van der Waals surface area contributed by atoms with Crippen molar-refractivity contribution in [3.05, 3.63) is 93.8 Å². The Kier molecular flexibility index (Phi) is 4.01. The standard InChI is InChI=1S/C22H16O4/c1-14-6-9-19-18(12-21(23)26-20(19)10-14)13-25-22(24)17-8-7-15-4-2-3-5-16(15)11-17/h2-12H,13H2,1H3. The highest BCUT2D eigenvalue weighted by Crippen LogP contribution is 2.20. The molecule has 0 aliphatic rings. The highest BCUT2D eigenvalue weighted by molar-refractivity contribution is 5.95. The van der Waals surface area contributed by atoms with Crippen LogP contribution in [0.3, 0.4) is 0 Å². The minimum Gasteiger partial charge on any atom is -0.457 e. The minimum absolute atomic E-state index is 0.0107. The number of esters is 1. The highest BCUT2D eigenvalue weighted by Gasteiger charge is 2.11. The van der Waals surface area contributed by atoms with E-state index < -0.39 is 11.6 Å². The van der Waals surface area contributed by atoms with Crippen LogP contribution in [0.1, 0.15) is 21.5 Å². The van der Waals surface area contributed by atoms with Crippen molar-refractivity contribution in [3.8, 4) is 0 Å². The van der Waals surface area contributed by atoms with Crippen molar-refractivity contribution in [2.75, 3.05) is 0 Å². The second kappa shape index (κ2) is 6.48. The lowest BCUT2D eigenvalue weighted by Crippen LogP contribution is -2.08. The lowest BCUT2D eigenvalue weighted by molar-refractivity contribution is 0.0474. The Morgan fingerprint density at radius 1 is 0.962 bits per heavy atom. The topological polar surface area (TPSA) is 56.5 Å². The van der Waals surface area contributed by atoms with Crippen LogP contribution in [0.15, 0.2) is 75.9 Å². The van der Waals surface area contributed by atoms with Gasteiger partial charge in [-0.25, -0.2) is 9.59 Å². The number of benzene rings is 3. The Morgan fingerprint density at radius 3 is 2.62 bits per heavy atom. The van der Waals surface area contributed by atoms with Crippen molar-refractivity contribution in [2.24, 2.45) is 0 Å². The first-order valence-electron chi connectivity index (χ1n) is 8.29. The summed E-state index contributed by atoms with van der Waals surface area (Å²) in [5.74, 6) is -0.427. The van der Waals surface area contributed by atoms with Gasteiger partial charge in [-0.1, -0.05) is 42.5 Å². The maximum atomic E-state index is 12.4. The van der Waals surface area contributed by atoms with E-state index in [1.54, 1.807) is 18.2 Å². The van der Waals surface area contributed by atoms with Crippen molar-refractivity contribution in [1.29, 1.82) is 0 Å². The third kappa shape index (κ3) is 3.09. The van der Waals surface area contributed by atoms with Crippen molar-refractivity contribution in [3.63, 3.8) is 0 Å². The molecule has 0 saturated heterocycles. The fourth-order valence-electron chi connectivity index (χ4n) is 3.00. The van der Waals surface area contributed by atoms with Crippen molar-refractivity contribution in [2.45, 2.75) is 13.5 Å². The number of aryl methyl sites for hydroxylation is 1. The summed E-state index contributed by atoms with van der Waals surface area (Å²) in [6.07, 6.45) is 0. The van der Waals surface area contributed by atoms with Crippen molar-refractivity contribution in [1.82, 2.24) is 0 Å². The quantitative estimate of drug-likeness (QED) is 0.402. The lowest BCUT2D eigenvalue weighted by atomic mass is 10.1. The summed E-state index contributed by atoms with van der Waals surface area (Å²) in [6, 6.07) is 20.2. The van der Waals surface area contributed by atoms with Gasteiger partial charge in [-0.05, 0) is 41.5 Å². The molecule has 0 spiro atoms. The van der Waals surface area contributed by atoms with Crippen LogP contribution >= 0.6 is 0 Å². The Morgan fingerprint density at radius 2 is 1.77 bits per heavy atom. The molecule has 3 aromatic carbocycles. The van der Waals surface area contributed by atoms with Crippen LogP contribution in [0.5, 0.6) is 0 Å². The lowest BCUT2D eigenvalue weighted by Gasteiger charge is -2.08. The van der Waals surface area contributed by atoms with Gasteiger partial charge in [-0.3, -0.25) is 0 Å². The zero-order chi connectivity index (χ0) is 18.1. The Hall–Kier alpha value is -3.40. The molecule has 4 rings (SSSR count). The minimum atomic E-state index is -0.458. The summed E-state index contributed by atoms with van der Waals surface area (Å²) in [7, 11) is 0. The summed E-state index contributed by atoms with van der Waals surface area (Å²) in [5.41, 5.74) is 2.14. The van der Waals surface area contributed by atoms with Crippen LogP contribution < -0.4 is 5.63 Å². The second-order valence-corrected chi connectivity index (χ2v) is 6.23. The summed E-state index contributed by atoms with van der Waals surface area (Å²) in [4.78, 5) is 24.2. The molecule has 0 fully saturated rings. The summed E-state index contributed by atoms with van der Waals surface area (Å²) >= 11 is 0. The molecule has 1 heterocycles. The fraction of sp³-hybridized carbons (Fsp3) is 0.0909. The molecule has 0 N–H and O–H groups in total. The molecular formula is C22H16O4. The summed E-state index contributed by atoms with van der Waals surface area (Å²) in [6.45, 7) is 1.93. The first-order chi connectivity index (χ1) is 12.6. The molecule has 1 aromatic heterocycles. The van der Waals surface area contributed by atoms with Gasteiger partial charge in [0.05, 0.1) is 5.56 Å². The average molecular weight is 344 g/mol. The maximum absolute atomic E-state index is 12.4. The van der Waals surface area contributed by atoms with Crippen LogP contribution in [0.4, 0.5) is 0 Å². The van der Waals surface area contributed by atoms with Gasteiger partial charge >= 0.3 is 11.6 Å². The Bertz CT molecular complexity index is 1190. The van der Waals surface area contributed by atoms with Gasteiger partial charge < -0.3 is 9.15 Å². The molecule has 26 heavy (non-hydrogen) atoms. The van der Waals surface area contributed by atoms with E-state index in [1.165, 1.54) is 6.07 Å². The highest BCUT2D eigenvalue weighted by atomic mass is 16.5. The second-order valence-electron chi connectivity index (χ2n) is 6.23. The Labute approximate surface area is 149 Å². The van der Waals surface area contributed by atoms with Crippen LogP contribution in [0, 0.1) is 6.92 Å². The monoisotopic (exact) mass is 344 g/mol.